The van der Waals surface area contributed by atoms with E-state index >= 15 is 0 Å². The number of urea groups is 1. The minimum Gasteiger partial charge on any atom is -0.385 e. The summed E-state index contributed by atoms with van der Waals surface area (Å²) in [5.74, 6) is -1.08. The van der Waals surface area contributed by atoms with Gasteiger partial charge in [0.15, 0.2) is 0 Å². The van der Waals surface area contributed by atoms with E-state index in [2.05, 4.69) is 5.32 Å². The Hall–Kier alpha value is -2.65. The highest BCUT2D eigenvalue weighted by Crippen LogP contribution is 2.39. The number of carbonyl (C=O) groups excluding carboxylic acids is 1. The molecule has 1 aliphatic carbocycles. The predicted octanol–water partition coefficient (Wildman–Crippen LogP) is 5.07. The third kappa shape index (κ3) is 6.45. The van der Waals surface area contributed by atoms with Crippen LogP contribution >= 0.6 is 0 Å². The number of rotatable bonds is 6. The van der Waals surface area contributed by atoms with Crippen LogP contribution in [0.2, 0.25) is 0 Å². The van der Waals surface area contributed by atoms with Crippen molar-refractivity contribution >= 4 is 11.7 Å². The summed E-state index contributed by atoms with van der Waals surface area (Å²) in [6.07, 6.45) is -2.76. The van der Waals surface area contributed by atoms with Crippen molar-refractivity contribution in [3.63, 3.8) is 0 Å². The summed E-state index contributed by atoms with van der Waals surface area (Å²) >= 11 is 0. The molecule has 0 spiro atoms. The average molecular weight is 468 g/mol. The van der Waals surface area contributed by atoms with Gasteiger partial charge in [0.05, 0.1) is 11.2 Å². The smallest absolute Gasteiger partial charge is 0.385 e. The second kappa shape index (κ2) is 10.1. The zero-order valence-corrected chi connectivity index (χ0v) is 18.7. The lowest BCUT2D eigenvalue weighted by Crippen LogP contribution is -2.49. The van der Waals surface area contributed by atoms with Gasteiger partial charge in [-0.3, -0.25) is 0 Å². The number of hydrogen-bond acceptors (Lipinski definition) is 3. The highest BCUT2D eigenvalue weighted by molar-refractivity contribution is 5.89. The first-order valence-corrected chi connectivity index (χ1v) is 10.9. The van der Waals surface area contributed by atoms with Gasteiger partial charge in [0, 0.05) is 24.8 Å². The standard InChI is InChI=1S/C24H29F4N3O2/c1-30(2)12-13-31(21-8-10-23(33,11-9-21)17-6-4-3-5-7-17)22(32)29-20-15-18(24(26,27)28)14-19(25)16-20/h3-7,14-16,21,33H,8-13H2,1-2H3,(H,29,32)/t21-,23+. The molecule has 0 atom stereocenters. The third-order valence-electron chi connectivity index (χ3n) is 6.06. The number of amides is 2. The SMILES string of the molecule is CN(C)CCN(C(=O)Nc1cc(F)cc(C(F)(F)F)c1)[C@H]1CC[C@](O)(c2ccccc2)CC1. The normalized spacial score (nSPS) is 21.2. The van der Waals surface area contributed by atoms with Crippen LogP contribution in [0.3, 0.4) is 0 Å². The molecule has 2 amide bonds. The van der Waals surface area contributed by atoms with Crippen molar-refractivity contribution in [3.8, 4) is 0 Å². The number of nitrogens with one attached hydrogen (secondary N) is 1. The van der Waals surface area contributed by atoms with Crippen molar-refractivity contribution in [2.45, 2.75) is 43.5 Å². The maximum Gasteiger partial charge on any atom is 0.416 e. The second-order valence-corrected chi connectivity index (χ2v) is 8.78. The highest BCUT2D eigenvalue weighted by Gasteiger charge is 2.38. The summed E-state index contributed by atoms with van der Waals surface area (Å²) in [5.41, 5.74) is -1.57. The van der Waals surface area contributed by atoms with E-state index in [1.165, 1.54) is 0 Å². The number of anilines is 1. The Bertz CT molecular complexity index is 942. The molecule has 1 fully saturated rings. The van der Waals surface area contributed by atoms with Gasteiger partial charge in [0.25, 0.3) is 0 Å². The number of aliphatic hydroxyl groups is 1. The van der Waals surface area contributed by atoms with Crippen LogP contribution in [-0.2, 0) is 11.8 Å². The number of nitrogens with zero attached hydrogens (tertiary/aromatic N) is 2. The summed E-state index contributed by atoms with van der Waals surface area (Å²) in [6, 6.07) is 10.5. The fourth-order valence-electron chi connectivity index (χ4n) is 4.21. The van der Waals surface area contributed by atoms with Crippen molar-refractivity contribution in [1.29, 1.82) is 0 Å². The zero-order valence-electron chi connectivity index (χ0n) is 18.7. The van der Waals surface area contributed by atoms with Crippen LogP contribution in [0, 0.1) is 5.82 Å². The highest BCUT2D eigenvalue weighted by atomic mass is 19.4. The Morgan fingerprint density at radius 1 is 1.09 bits per heavy atom. The first-order valence-electron chi connectivity index (χ1n) is 10.9. The van der Waals surface area contributed by atoms with Crippen molar-refractivity contribution < 1.29 is 27.5 Å². The fourth-order valence-corrected chi connectivity index (χ4v) is 4.21. The Kier molecular flexibility index (Phi) is 7.64. The molecule has 0 heterocycles. The summed E-state index contributed by atoms with van der Waals surface area (Å²) in [7, 11) is 3.71. The van der Waals surface area contributed by atoms with Crippen LogP contribution in [0.4, 0.5) is 28.0 Å². The summed E-state index contributed by atoms with van der Waals surface area (Å²) in [5, 5.41) is 13.5. The van der Waals surface area contributed by atoms with Crippen LogP contribution in [0.15, 0.2) is 48.5 Å². The Balaban J connectivity index is 1.75. The minimum atomic E-state index is -4.72. The number of hydrogen-bond donors (Lipinski definition) is 2. The van der Waals surface area contributed by atoms with E-state index < -0.39 is 29.2 Å². The molecule has 33 heavy (non-hydrogen) atoms. The van der Waals surface area contributed by atoms with Gasteiger partial charge in [-0.25, -0.2) is 9.18 Å². The maximum absolute atomic E-state index is 13.8. The molecule has 0 unspecified atom stereocenters. The molecule has 2 N–H and O–H groups in total. The van der Waals surface area contributed by atoms with Gasteiger partial charge in [-0.15, -0.1) is 0 Å². The Morgan fingerprint density at radius 3 is 2.30 bits per heavy atom. The first kappa shape index (κ1) is 25.0. The molecule has 3 rings (SSSR count). The lowest BCUT2D eigenvalue weighted by atomic mass is 9.77. The molecule has 0 bridgehead atoms. The van der Waals surface area contributed by atoms with Gasteiger partial charge in [-0.05, 0) is 63.5 Å². The molecular formula is C24H29F4N3O2. The summed E-state index contributed by atoms with van der Waals surface area (Å²) in [6.45, 7) is 0.887. The van der Waals surface area contributed by atoms with Gasteiger partial charge < -0.3 is 20.2 Å². The Morgan fingerprint density at radius 2 is 1.73 bits per heavy atom. The van der Waals surface area contributed by atoms with Crippen LogP contribution in [-0.4, -0.2) is 54.2 Å². The second-order valence-electron chi connectivity index (χ2n) is 8.78. The topological polar surface area (TPSA) is 55.8 Å². The molecule has 0 aliphatic heterocycles. The molecule has 9 heteroatoms. The average Bonchev–Trinajstić information content (AvgIpc) is 2.74. The maximum atomic E-state index is 13.8. The zero-order chi connectivity index (χ0) is 24.2. The quantitative estimate of drug-likeness (QED) is 0.584. The third-order valence-corrected chi connectivity index (χ3v) is 6.06. The minimum absolute atomic E-state index is 0.204. The van der Waals surface area contributed by atoms with E-state index in [1.807, 2.05) is 49.3 Å². The van der Waals surface area contributed by atoms with Gasteiger partial charge >= 0.3 is 12.2 Å². The van der Waals surface area contributed by atoms with E-state index in [0.29, 0.717) is 44.8 Å². The number of benzene rings is 2. The van der Waals surface area contributed by atoms with Crippen LogP contribution in [0.5, 0.6) is 0 Å². The van der Waals surface area contributed by atoms with Crippen molar-refractivity contribution in [1.82, 2.24) is 9.80 Å². The monoisotopic (exact) mass is 467 g/mol. The van der Waals surface area contributed by atoms with Gasteiger partial charge in [-0.2, -0.15) is 13.2 Å². The molecule has 1 aliphatic rings. The molecule has 5 nitrogen and oxygen atoms in total. The first-order chi connectivity index (χ1) is 15.5. The summed E-state index contributed by atoms with van der Waals surface area (Å²) in [4.78, 5) is 16.5. The number of likely N-dealkylation sites (N-methyl/N-ethyl adjacent to an activating group) is 1. The molecular weight excluding hydrogens is 438 g/mol. The molecule has 0 aromatic heterocycles. The molecule has 0 radical (unpaired) electrons. The fraction of sp³-hybridized carbons (Fsp3) is 0.458. The van der Waals surface area contributed by atoms with E-state index in [-0.39, 0.29) is 11.7 Å². The van der Waals surface area contributed by atoms with E-state index in [0.717, 1.165) is 17.7 Å². The van der Waals surface area contributed by atoms with Gasteiger partial charge in [0.1, 0.15) is 5.82 Å². The lowest BCUT2D eigenvalue weighted by molar-refractivity contribution is -0.137. The molecule has 2 aromatic rings. The van der Waals surface area contributed by atoms with Crippen molar-refractivity contribution in [2.24, 2.45) is 0 Å². The number of carbonyl (C=O) groups is 1. The Labute approximate surface area is 191 Å². The van der Waals surface area contributed by atoms with Gasteiger partial charge in [-0.1, -0.05) is 30.3 Å². The largest absolute Gasteiger partial charge is 0.416 e. The number of halogens is 4. The molecule has 0 saturated heterocycles. The van der Waals surface area contributed by atoms with Crippen molar-refractivity contribution in [2.75, 3.05) is 32.5 Å². The molecule has 2 aromatic carbocycles. The number of alkyl halides is 3. The van der Waals surface area contributed by atoms with Crippen LogP contribution in [0.25, 0.3) is 0 Å². The van der Waals surface area contributed by atoms with Crippen molar-refractivity contribution in [3.05, 3.63) is 65.5 Å². The predicted molar refractivity (Wildman–Crippen MR) is 118 cm³/mol. The van der Waals surface area contributed by atoms with Crippen LogP contribution < -0.4 is 5.32 Å². The lowest BCUT2D eigenvalue weighted by Gasteiger charge is -2.41. The van der Waals surface area contributed by atoms with E-state index in [9.17, 15) is 27.5 Å². The van der Waals surface area contributed by atoms with E-state index in [4.69, 9.17) is 0 Å². The molecule has 180 valence electrons. The van der Waals surface area contributed by atoms with E-state index in [1.54, 1.807) is 4.90 Å². The molecule has 1 saturated carbocycles. The summed E-state index contributed by atoms with van der Waals surface area (Å²) < 4.78 is 52.9. The van der Waals surface area contributed by atoms with Crippen LogP contribution in [0.1, 0.15) is 36.8 Å². The van der Waals surface area contributed by atoms with Gasteiger partial charge in [0.2, 0.25) is 0 Å².